The molecule has 0 spiro atoms. The number of carbonyl (C=O) groups excluding carboxylic acids is 1. The molecule has 1 amide bonds. The predicted octanol–water partition coefficient (Wildman–Crippen LogP) is 1.88. The summed E-state index contributed by atoms with van der Waals surface area (Å²) in [6, 6.07) is 0.156. The summed E-state index contributed by atoms with van der Waals surface area (Å²) in [5.74, 6) is -0.0443. The van der Waals surface area contributed by atoms with E-state index in [1.54, 1.807) is 17.4 Å². The van der Waals surface area contributed by atoms with Gasteiger partial charge in [0.25, 0.3) is 5.91 Å². The highest BCUT2D eigenvalue weighted by Crippen LogP contribution is 2.53. The highest BCUT2D eigenvalue weighted by Gasteiger charge is 2.59. The molecule has 0 aromatic carbocycles. The molecule has 0 radical (unpaired) electrons. The number of rotatable bonds is 4. The molecule has 20 heavy (non-hydrogen) atoms. The molecule has 5 nitrogen and oxygen atoms in total. The maximum atomic E-state index is 12.5. The molecule has 1 aromatic rings. The van der Waals surface area contributed by atoms with Gasteiger partial charge < -0.3 is 15.4 Å². The Morgan fingerprint density at radius 3 is 2.70 bits per heavy atom. The highest BCUT2D eigenvalue weighted by molar-refractivity contribution is 7.09. The number of carbonyl (C=O) groups is 1. The maximum Gasteiger partial charge on any atom is 0.273 e. The summed E-state index contributed by atoms with van der Waals surface area (Å²) in [5.41, 5.74) is 5.76. The number of methoxy groups -OCH3 is 1. The molecule has 2 atom stereocenters. The van der Waals surface area contributed by atoms with Gasteiger partial charge in [0.1, 0.15) is 10.7 Å². The SMILES string of the molecule is CO[C@]1(C)C[C@@H](N(C)C(=O)c2csc(CN)n2)C1(C)C. The number of ether oxygens (including phenoxy) is 1. The molecule has 0 saturated heterocycles. The number of nitrogens with zero attached hydrogens (tertiary/aromatic N) is 2. The van der Waals surface area contributed by atoms with Crippen molar-refractivity contribution in [3.8, 4) is 0 Å². The molecular weight excluding hydrogens is 274 g/mol. The fourth-order valence-electron chi connectivity index (χ4n) is 2.90. The van der Waals surface area contributed by atoms with Crippen LogP contribution in [-0.4, -0.2) is 41.6 Å². The Morgan fingerprint density at radius 1 is 1.60 bits per heavy atom. The van der Waals surface area contributed by atoms with Crippen LogP contribution < -0.4 is 5.73 Å². The van der Waals surface area contributed by atoms with Crippen molar-refractivity contribution >= 4 is 17.2 Å². The first kappa shape index (κ1) is 15.4. The molecular formula is C14H23N3O2S. The van der Waals surface area contributed by atoms with Gasteiger partial charge >= 0.3 is 0 Å². The summed E-state index contributed by atoms with van der Waals surface area (Å²) < 4.78 is 5.61. The smallest absolute Gasteiger partial charge is 0.273 e. The number of aromatic nitrogens is 1. The molecule has 1 aromatic heterocycles. The molecule has 0 aliphatic heterocycles. The fraction of sp³-hybridized carbons (Fsp3) is 0.714. The Bertz CT molecular complexity index is 514. The summed E-state index contributed by atoms with van der Waals surface area (Å²) in [4.78, 5) is 18.5. The summed E-state index contributed by atoms with van der Waals surface area (Å²) in [6.45, 7) is 6.75. The fourth-order valence-corrected chi connectivity index (χ4v) is 3.55. The van der Waals surface area contributed by atoms with Crippen LogP contribution in [0.5, 0.6) is 0 Å². The van der Waals surface area contributed by atoms with Crippen LogP contribution in [0, 0.1) is 5.41 Å². The first-order chi connectivity index (χ1) is 9.26. The van der Waals surface area contributed by atoms with Gasteiger partial charge in [-0.05, 0) is 13.3 Å². The van der Waals surface area contributed by atoms with E-state index < -0.39 is 0 Å². The van der Waals surface area contributed by atoms with E-state index in [-0.39, 0.29) is 23.0 Å². The van der Waals surface area contributed by atoms with E-state index in [1.807, 2.05) is 7.05 Å². The molecule has 2 N–H and O–H groups in total. The first-order valence-electron chi connectivity index (χ1n) is 6.73. The molecule has 2 rings (SSSR count). The standard InChI is InChI=1S/C14H23N3O2S/c1-13(2)10(6-14(13,3)19-5)17(4)12(18)9-8-20-11(7-15)16-9/h8,10H,6-7,15H2,1-5H3/t10-,14-/m1/s1. The number of nitrogens with two attached hydrogens (primary N) is 1. The Hall–Kier alpha value is -0.980. The van der Waals surface area contributed by atoms with Gasteiger partial charge in [-0.15, -0.1) is 11.3 Å². The Morgan fingerprint density at radius 2 is 2.25 bits per heavy atom. The lowest BCUT2D eigenvalue weighted by Gasteiger charge is -2.61. The van der Waals surface area contributed by atoms with Gasteiger partial charge in [0.15, 0.2) is 0 Å². The Labute approximate surface area is 124 Å². The summed E-state index contributed by atoms with van der Waals surface area (Å²) in [6.07, 6.45) is 0.840. The van der Waals surface area contributed by atoms with E-state index in [2.05, 4.69) is 25.8 Å². The van der Waals surface area contributed by atoms with Crippen LogP contribution in [0.1, 0.15) is 42.7 Å². The number of thiazole rings is 1. The number of hydrogen-bond donors (Lipinski definition) is 1. The van der Waals surface area contributed by atoms with Crippen molar-refractivity contribution in [1.29, 1.82) is 0 Å². The lowest BCUT2D eigenvalue weighted by molar-refractivity contribution is -0.198. The predicted molar refractivity (Wildman–Crippen MR) is 79.7 cm³/mol. The van der Waals surface area contributed by atoms with E-state index in [4.69, 9.17) is 10.5 Å². The molecule has 0 bridgehead atoms. The van der Waals surface area contributed by atoms with Gasteiger partial charge in [-0.25, -0.2) is 4.98 Å². The minimum Gasteiger partial charge on any atom is -0.378 e. The van der Waals surface area contributed by atoms with Crippen molar-refractivity contribution in [2.75, 3.05) is 14.2 Å². The van der Waals surface area contributed by atoms with Crippen LogP contribution in [0.2, 0.25) is 0 Å². The largest absolute Gasteiger partial charge is 0.378 e. The molecule has 1 aliphatic rings. The van der Waals surface area contributed by atoms with E-state index in [0.29, 0.717) is 12.2 Å². The van der Waals surface area contributed by atoms with Gasteiger partial charge in [-0.3, -0.25) is 4.79 Å². The van der Waals surface area contributed by atoms with Crippen LogP contribution in [0.15, 0.2) is 5.38 Å². The molecule has 1 heterocycles. The zero-order valence-electron chi connectivity index (χ0n) is 12.8. The zero-order valence-corrected chi connectivity index (χ0v) is 13.6. The third kappa shape index (κ3) is 2.16. The second-order valence-corrected chi connectivity index (χ2v) is 7.07. The summed E-state index contributed by atoms with van der Waals surface area (Å²) >= 11 is 1.43. The second-order valence-electron chi connectivity index (χ2n) is 6.12. The monoisotopic (exact) mass is 297 g/mol. The summed E-state index contributed by atoms with van der Waals surface area (Å²) in [7, 11) is 3.57. The van der Waals surface area contributed by atoms with Gasteiger partial charge in [0.05, 0.1) is 5.60 Å². The van der Waals surface area contributed by atoms with Gasteiger partial charge in [0.2, 0.25) is 0 Å². The second kappa shape index (κ2) is 5.09. The molecule has 1 fully saturated rings. The average Bonchev–Trinajstić information content (AvgIpc) is 2.91. The third-order valence-corrected chi connectivity index (χ3v) is 5.83. The number of hydrogen-bond acceptors (Lipinski definition) is 5. The van der Waals surface area contributed by atoms with E-state index in [1.165, 1.54) is 11.3 Å². The highest BCUT2D eigenvalue weighted by atomic mass is 32.1. The van der Waals surface area contributed by atoms with Crippen LogP contribution in [0.25, 0.3) is 0 Å². The quantitative estimate of drug-likeness (QED) is 0.921. The Kier molecular flexibility index (Phi) is 3.92. The molecule has 1 saturated carbocycles. The molecule has 112 valence electrons. The third-order valence-electron chi connectivity index (χ3n) is 4.96. The minimum atomic E-state index is -0.184. The van der Waals surface area contributed by atoms with Crippen molar-refractivity contribution in [3.63, 3.8) is 0 Å². The zero-order chi connectivity index (χ0) is 15.1. The lowest BCUT2D eigenvalue weighted by atomic mass is 9.55. The van der Waals surface area contributed by atoms with Crippen LogP contribution in [0.4, 0.5) is 0 Å². The van der Waals surface area contributed by atoms with Gasteiger partial charge in [0, 0.05) is 37.5 Å². The van der Waals surface area contributed by atoms with E-state index in [0.717, 1.165) is 11.4 Å². The topological polar surface area (TPSA) is 68.5 Å². The average molecular weight is 297 g/mol. The van der Waals surface area contributed by atoms with E-state index in [9.17, 15) is 4.79 Å². The van der Waals surface area contributed by atoms with Crippen molar-refractivity contribution in [2.24, 2.45) is 11.1 Å². The van der Waals surface area contributed by atoms with Crippen molar-refractivity contribution < 1.29 is 9.53 Å². The van der Waals surface area contributed by atoms with Gasteiger partial charge in [-0.1, -0.05) is 13.8 Å². The minimum absolute atomic E-state index is 0.0443. The van der Waals surface area contributed by atoms with Crippen LogP contribution in [-0.2, 0) is 11.3 Å². The van der Waals surface area contributed by atoms with Crippen molar-refractivity contribution in [1.82, 2.24) is 9.88 Å². The molecule has 1 aliphatic carbocycles. The normalized spacial score (nSPS) is 28.0. The van der Waals surface area contributed by atoms with Crippen LogP contribution in [0.3, 0.4) is 0 Å². The summed E-state index contributed by atoms with van der Waals surface area (Å²) in [5, 5.41) is 2.57. The first-order valence-corrected chi connectivity index (χ1v) is 7.61. The Balaban J connectivity index is 2.13. The maximum absolute atomic E-state index is 12.5. The van der Waals surface area contributed by atoms with E-state index >= 15 is 0 Å². The number of amides is 1. The van der Waals surface area contributed by atoms with Crippen molar-refractivity contribution in [3.05, 3.63) is 16.1 Å². The van der Waals surface area contributed by atoms with Gasteiger partial charge in [-0.2, -0.15) is 0 Å². The van der Waals surface area contributed by atoms with Crippen LogP contribution >= 0.6 is 11.3 Å². The molecule has 0 unspecified atom stereocenters. The molecule has 6 heteroatoms. The lowest BCUT2D eigenvalue weighted by Crippen LogP contribution is -2.68. The van der Waals surface area contributed by atoms with Crippen molar-refractivity contribution in [2.45, 2.75) is 45.4 Å².